The molecule has 0 aromatic rings. The van der Waals surface area contributed by atoms with Crippen LogP contribution in [-0.2, 0) is 65.4 Å². The van der Waals surface area contributed by atoms with Gasteiger partial charge in [0.1, 0.15) is 19.3 Å². The molecule has 17 nitrogen and oxygen atoms in total. The summed E-state index contributed by atoms with van der Waals surface area (Å²) in [5.41, 5.74) is 0. The maximum absolute atomic E-state index is 13.0. The molecule has 0 rings (SSSR count). The van der Waals surface area contributed by atoms with E-state index in [-0.39, 0.29) is 25.7 Å². The van der Waals surface area contributed by atoms with Gasteiger partial charge in [0, 0.05) is 25.7 Å². The van der Waals surface area contributed by atoms with Gasteiger partial charge in [0.15, 0.2) is 12.2 Å². The lowest BCUT2D eigenvalue weighted by Gasteiger charge is -2.21. The van der Waals surface area contributed by atoms with Crippen LogP contribution in [0, 0.1) is 23.7 Å². The zero-order valence-corrected chi connectivity index (χ0v) is 57.7. The first-order valence-electron chi connectivity index (χ1n) is 34.8. The number of rotatable bonds is 64. The highest BCUT2D eigenvalue weighted by molar-refractivity contribution is 7.47. The molecule has 0 saturated carbocycles. The summed E-state index contributed by atoms with van der Waals surface area (Å²) in [7, 11) is -9.90. The normalized spacial score (nSPS) is 15.3. The van der Waals surface area contributed by atoms with Crippen molar-refractivity contribution in [2.24, 2.45) is 23.7 Å². The number of phosphoric ester groups is 2. The van der Waals surface area contributed by atoms with Crippen molar-refractivity contribution in [2.75, 3.05) is 39.6 Å². The minimum absolute atomic E-state index is 0.102. The molecule has 0 aliphatic carbocycles. The predicted octanol–water partition coefficient (Wildman–Crippen LogP) is 18.5. The van der Waals surface area contributed by atoms with Crippen molar-refractivity contribution >= 4 is 39.5 Å². The van der Waals surface area contributed by atoms with Crippen LogP contribution in [0.2, 0.25) is 0 Å². The fraction of sp³-hybridized carbons (Fsp3) is 0.940. The van der Waals surface area contributed by atoms with Crippen molar-refractivity contribution in [3.05, 3.63) is 0 Å². The number of unbranched alkanes of at least 4 members (excludes halogenated alkanes) is 27. The van der Waals surface area contributed by atoms with Crippen molar-refractivity contribution in [1.82, 2.24) is 0 Å². The van der Waals surface area contributed by atoms with Crippen molar-refractivity contribution in [2.45, 2.75) is 343 Å². The van der Waals surface area contributed by atoms with E-state index in [4.69, 9.17) is 37.0 Å². The van der Waals surface area contributed by atoms with E-state index in [1.807, 2.05) is 0 Å². The third-order valence-corrected chi connectivity index (χ3v) is 18.3. The second-order valence-corrected chi connectivity index (χ2v) is 28.3. The van der Waals surface area contributed by atoms with E-state index in [2.05, 4.69) is 55.4 Å². The summed E-state index contributed by atoms with van der Waals surface area (Å²) in [6.07, 6.45) is 37.5. The number of carbonyl (C=O) groups is 4. The molecule has 0 saturated heterocycles. The third-order valence-electron chi connectivity index (χ3n) is 16.4. The van der Waals surface area contributed by atoms with Gasteiger partial charge in [-0.05, 0) is 49.4 Å². The van der Waals surface area contributed by atoms with E-state index in [9.17, 15) is 43.2 Å². The molecule has 0 aliphatic rings. The minimum atomic E-state index is -4.95. The monoisotopic (exact) mass is 1270 g/mol. The summed E-state index contributed by atoms with van der Waals surface area (Å²) >= 11 is 0. The molecular formula is C67H130O17P2. The van der Waals surface area contributed by atoms with E-state index in [1.165, 1.54) is 122 Å². The first kappa shape index (κ1) is 84.1. The Hall–Kier alpha value is -1.94. The summed E-state index contributed by atoms with van der Waals surface area (Å²) in [5.74, 6) is 0.868. The van der Waals surface area contributed by atoms with E-state index in [0.717, 1.165) is 114 Å². The highest BCUT2D eigenvalue weighted by Crippen LogP contribution is 2.45. The smallest absolute Gasteiger partial charge is 0.462 e. The topological polar surface area (TPSA) is 237 Å². The fourth-order valence-electron chi connectivity index (χ4n) is 9.86. The van der Waals surface area contributed by atoms with Crippen molar-refractivity contribution in [3.63, 3.8) is 0 Å². The second-order valence-electron chi connectivity index (χ2n) is 25.4. The highest BCUT2D eigenvalue weighted by Gasteiger charge is 2.30. The molecule has 19 heteroatoms. The maximum atomic E-state index is 13.0. The Morgan fingerprint density at radius 1 is 0.326 bits per heavy atom. The number of hydrogen-bond donors (Lipinski definition) is 3. The van der Waals surface area contributed by atoms with Crippen LogP contribution in [0.15, 0.2) is 0 Å². The van der Waals surface area contributed by atoms with Crippen molar-refractivity contribution in [3.8, 4) is 0 Å². The molecule has 0 amide bonds. The van der Waals surface area contributed by atoms with E-state index in [1.54, 1.807) is 0 Å². The van der Waals surface area contributed by atoms with Crippen LogP contribution < -0.4 is 0 Å². The number of hydrogen-bond acceptors (Lipinski definition) is 15. The van der Waals surface area contributed by atoms with Gasteiger partial charge in [-0.25, -0.2) is 9.13 Å². The van der Waals surface area contributed by atoms with Crippen molar-refractivity contribution in [1.29, 1.82) is 0 Å². The predicted molar refractivity (Wildman–Crippen MR) is 344 cm³/mol. The van der Waals surface area contributed by atoms with Gasteiger partial charge in [0.05, 0.1) is 26.4 Å². The van der Waals surface area contributed by atoms with Gasteiger partial charge >= 0.3 is 39.5 Å². The van der Waals surface area contributed by atoms with Crippen LogP contribution in [0.25, 0.3) is 0 Å². The minimum Gasteiger partial charge on any atom is -0.462 e. The lowest BCUT2D eigenvalue weighted by Crippen LogP contribution is -2.30. The van der Waals surface area contributed by atoms with Gasteiger partial charge in [0.25, 0.3) is 0 Å². The lowest BCUT2D eigenvalue weighted by molar-refractivity contribution is -0.161. The van der Waals surface area contributed by atoms with E-state index >= 15 is 0 Å². The van der Waals surface area contributed by atoms with Gasteiger partial charge in [0.2, 0.25) is 0 Å². The molecule has 86 heavy (non-hydrogen) atoms. The molecule has 0 aliphatic heterocycles. The van der Waals surface area contributed by atoms with Gasteiger partial charge in [-0.3, -0.25) is 37.3 Å². The highest BCUT2D eigenvalue weighted by atomic mass is 31.2. The first-order valence-corrected chi connectivity index (χ1v) is 37.8. The molecule has 0 bridgehead atoms. The summed E-state index contributed by atoms with van der Waals surface area (Å²) in [5, 5.41) is 10.6. The Kier molecular flexibility index (Phi) is 55.7. The molecule has 3 N–H and O–H groups in total. The standard InChI is InChI=1S/C67H130O17P2/c1-9-58(6)44-36-28-20-14-12-13-15-22-31-39-47-64(69)77-53-62(83-66(71)49-41-33-23-17-16-21-29-37-45-59(7)10-2)55-81-85(73,74)79-51-61(68)52-80-86(75,76)82-56-63(84-67(72)50-42-34-24-18-19-27-35-43-57(4)5)54-78-65(70)48-40-32-26-25-30-38-46-60(8)11-3/h57-63,68H,9-56H2,1-8H3,(H,73,74)(H,75,76)/t58?,59?,60?,61-,62-,63-/m1/s1. The zero-order valence-electron chi connectivity index (χ0n) is 55.9. The Morgan fingerprint density at radius 2 is 0.558 bits per heavy atom. The second kappa shape index (κ2) is 57.0. The van der Waals surface area contributed by atoms with Crippen LogP contribution in [0.5, 0.6) is 0 Å². The van der Waals surface area contributed by atoms with Crippen LogP contribution >= 0.6 is 15.6 Å². The Labute approximate surface area is 524 Å². The average molecular weight is 1270 g/mol. The van der Waals surface area contributed by atoms with Crippen molar-refractivity contribution < 1.29 is 80.2 Å². The first-order chi connectivity index (χ1) is 41.2. The fourth-order valence-corrected chi connectivity index (χ4v) is 11.4. The SMILES string of the molecule is CCC(C)CCCCCCCCCCCCC(=O)OC[C@H](COP(=O)(O)OC[C@@H](O)COP(=O)(O)OC[C@@H](COC(=O)CCCCCCCCC(C)CC)OC(=O)CCCCCCCCCC(C)C)OC(=O)CCCCCCCCCCC(C)CC. The number of carbonyl (C=O) groups excluding carboxylic acids is 4. The van der Waals surface area contributed by atoms with Gasteiger partial charge in [-0.2, -0.15) is 0 Å². The third kappa shape index (κ3) is 57.2. The largest absolute Gasteiger partial charge is 0.472 e. The molecule has 0 aromatic carbocycles. The number of esters is 4. The number of phosphoric acid groups is 2. The summed E-state index contributed by atoms with van der Waals surface area (Å²) in [6, 6.07) is 0. The van der Waals surface area contributed by atoms with Crippen LogP contribution in [-0.4, -0.2) is 96.7 Å². The molecule has 510 valence electrons. The molecule has 0 heterocycles. The average Bonchev–Trinajstić information content (AvgIpc) is 3.57. The molecule has 8 atom stereocenters. The number of ether oxygens (including phenoxy) is 4. The Bertz CT molecular complexity index is 1720. The van der Waals surface area contributed by atoms with Crippen LogP contribution in [0.3, 0.4) is 0 Å². The van der Waals surface area contributed by atoms with Gasteiger partial charge in [-0.1, -0.05) is 274 Å². The Morgan fingerprint density at radius 3 is 0.826 bits per heavy atom. The van der Waals surface area contributed by atoms with Crippen LogP contribution in [0.1, 0.15) is 325 Å². The molecule has 0 spiro atoms. The molecule has 0 fully saturated rings. The van der Waals surface area contributed by atoms with Crippen LogP contribution in [0.4, 0.5) is 0 Å². The zero-order chi connectivity index (χ0) is 63.9. The van der Waals surface area contributed by atoms with E-state index in [0.29, 0.717) is 31.6 Å². The van der Waals surface area contributed by atoms with Gasteiger partial charge < -0.3 is 33.8 Å². The molecule has 5 unspecified atom stereocenters. The maximum Gasteiger partial charge on any atom is 0.472 e. The number of aliphatic hydroxyl groups excluding tert-OH is 1. The number of aliphatic hydroxyl groups is 1. The molecule has 0 aromatic heterocycles. The molecular weight excluding hydrogens is 1140 g/mol. The summed E-state index contributed by atoms with van der Waals surface area (Å²) < 4.78 is 68.1. The van der Waals surface area contributed by atoms with E-state index < -0.39 is 97.5 Å². The summed E-state index contributed by atoms with van der Waals surface area (Å²) in [6.45, 7) is 14.0. The quantitative estimate of drug-likeness (QED) is 0.0222. The van der Waals surface area contributed by atoms with Gasteiger partial charge in [-0.15, -0.1) is 0 Å². The summed E-state index contributed by atoms with van der Waals surface area (Å²) in [4.78, 5) is 72.4. The molecule has 0 radical (unpaired) electrons. The lowest BCUT2D eigenvalue weighted by atomic mass is 9.99. The Balaban J connectivity index is 5.26.